The second kappa shape index (κ2) is 4.49. The van der Waals surface area contributed by atoms with E-state index in [0.29, 0.717) is 15.8 Å². The van der Waals surface area contributed by atoms with Crippen molar-refractivity contribution in [2.45, 2.75) is 19.4 Å². The van der Waals surface area contributed by atoms with E-state index in [1.54, 1.807) is 13.1 Å². The first-order valence-corrected chi connectivity index (χ1v) is 5.44. The number of nitrogens with one attached hydrogen (secondary N) is 1. The SMILES string of the molecule is CNC(C)(C)c1c(F)cc(Br)cc1OC. The molecule has 1 rings (SSSR count). The fourth-order valence-electron chi connectivity index (χ4n) is 1.44. The van der Waals surface area contributed by atoms with E-state index in [4.69, 9.17) is 4.74 Å². The number of hydrogen-bond acceptors (Lipinski definition) is 2. The van der Waals surface area contributed by atoms with Crippen LogP contribution in [0.1, 0.15) is 19.4 Å². The van der Waals surface area contributed by atoms with Crippen molar-refractivity contribution in [1.82, 2.24) is 5.32 Å². The van der Waals surface area contributed by atoms with Crippen molar-refractivity contribution in [3.05, 3.63) is 28.0 Å². The molecule has 0 amide bonds. The van der Waals surface area contributed by atoms with Crippen LogP contribution in [0.4, 0.5) is 4.39 Å². The molecule has 1 aromatic carbocycles. The van der Waals surface area contributed by atoms with E-state index < -0.39 is 5.54 Å². The van der Waals surface area contributed by atoms with Crippen LogP contribution < -0.4 is 10.1 Å². The van der Waals surface area contributed by atoms with Crippen molar-refractivity contribution in [2.75, 3.05) is 14.2 Å². The van der Waals surface area contributed by atoms with E-state index >= 15 is 0 Å². The summed E-state index contributed by atoms with van der Waals surface area (Å²) in [6.45, 7) is 3.81. The summed E-state index contributed by atoms with van der Waals surface area (Å²) in [6, 6.07) is 3.20. The molecule has 1 aromatic rings. The van der Waals surface area contributed by atoms with Gasteiger partial charge in [0.2, 0.25) is 0 Å². The Hall–Kier alpha value is -0.610. The van der Waals surface area contributed by atoms with Crippen LogP contribution >= 0.6 is 15.9 Å². The first-order chi connectivity index (χ1) is 6.92. The lowest BCUT2D eigenvalue weighted by atomic mass is 9.93. The van der Waals surface area contributed by atoms with Crippen LogP contribution in [0.3, 0.4) is 0 Å². The monoisotopic (exact) mass is 275 g/mol. The van der Waals surface area contributed by atoms with E-state index in [9.17, 15) is 4.39 Å². The fraction of sp³-hybridized carbons (Fsp3) is 0.455. The molecule has 0 unspecified atom stereocenters. The van der Waals surface area contributed by atoms with Crippen LogP contribution in [0.5, 0.6) is 5.75 Å². The summed E-state index contributed by atoms with van der Waals surface area (Å²) in [7, 11) is 3.33. The quantitative estimate of drug-likeness (QED) is 0.916. The van der Waals surface area contributed by atoms with E-state index in [1.807, 2.05) is 13.8 Å². The van der Waals surface area contributed by atoms with Crippen molar-refractivity contribution in [1.29, 1.82) is 0 Å². The number of ether oxygens (including phenoxy) is 1. The third-order valence-corrected chi connectivity index (χ3v) is 2.95. The highest BCUT2D eigenvalue weighted by Gasteiger charge is 2.26. The van der Waals surface area contributed by atoms with E-state index in [0.717, 1.165) is 0 Å². The molecule has 0 aliphatic heterocycles. The molecule has 15 heavy (non-hydrogen) atoms. The Kier molecular flexibility index (Phi) is 3.73. The van der Waals surface area contributed by atoms with Gasteiger partial charge in [0.15, 0.2) is 0 Å². The predicted octanol–water partition coefficient (Wildman–Crippen LogP) is 3.05. The summed E-state index contributed by atoms with van der Waals surface area (Å²) in [5.41, 5.74) is 0.0755. The second-order valence-corrected chi connectivity index (χ2v) is 4.76. The van der Waals surface area contributed by atoms with Crippen molar-refractivity contribution in [2.24, 2.45) is 0 Å². The Morgan fingerprint density at radius 3 is 2.47 bits per heavy atom. The molecule has 0 fully saturated rings. The molecular weight excluding hydrogens is 261 g/mol. The fourth-order valence-corrected chi connectivity index (χ4v) is 1.85. The smallest absolute Gasteiger partial charge is 0.133 e. The lowest BCUT2D eigenvalue weighted by Gasteiger charge is -2.27. The number of benzene rings is 1. The van der Waals surface area contributed by atoms with Crippen LogP contribution in [0, 0.1) is 5.82 Å². The summed E-state index contributed by atoms with van der Waals surface area (Å²) in [6.07, 6.45) is 0. The maximum absolute atomic E-state index is 13.8. The van der Waals surface area contributed by atoms with Gasteiger partial charge in [-0.1, -0.05) is 15.9 Å². The minimum Gasteiger partial charge on any atom is -0.496 e. The molecule has 0 saturated heterocycles. The third-order valence-electron chi connectivity index (χ3n) is 2.49. The zero-order valence-electron chi connectivity index (χ0n) is 9.32. The van der Waals surface area contributed by atoms with Crippen molar-refractivity contribution in [3.8, 4) is 5.75 Å². The summed E-state index contributed by atoms with van der Waals surface area (Å²) < 4.78 is 19.7. The first-order valence-electron chi connectivity index (χ1n) is 4.65. The molecule has 0 radical (unpaired) electrons. The zero-order chi connectivity index (χ0) is 11.6. The summed E-state index contributed by atoms with van der Waals surface area (Å²) in [4.78, 5) is 0. The standard InChI is InChI=1S/C11H15BrFNO/c1-11(2,14-3)10-8(13)5-7(12)6-9(10)15-4/h5-6,14H,1-4H3. The van der Waals surface area contributed by atoms with Crippen LogP contribution in [-0.4, -0.2) is 14.2 Å². The van der Waals surface area contributed by atoms with Gasteiger partial charge < -0.3 is 10.1 Å². The Morgan fingerprint density at radius 1 is 1.40 bits per heavy atom. The van der Waals surface area contributed by atoms with Gasteiger partial charge in [-0.05, 0) is 33.0 Å². The molecule has 2 nitrogen and oxygen atoms in total. The first kappa shape index (κ1) is 12.5. The lowest BCUT2D eigenvalue weighted by molar-refractivity contribution is 0.360. The molecule has 0 bridgehead atoms. The Balaban J connectivity index is 3.39. The van der Waals surface area contributed by atoms with E-state index in [2.05, 4.69) is 21.2 Å². The molecule has 0 aliphatic carbocycles. The largest absolute Gasteiger partial charge is 0.496 e. The molecule has 4 heteroatoms. The van der Waals surface area contributed by atoms with Gasteiger partial charge >= 0.3 is 0 Å². The van der Waals surface area contributed by atoms with Gasteiger partial charge in [-0.2, -0.15) is 0 Å². The van der Waals surface area contributed by atoms with Crippen molar-refractivity contribution in [3.63, 3.8) is 0 Å². The van der Waals surface area contributed by atoms with Gasteiger partial charge in [-0.25, -0.2) is 4.39 Å². The molecule has 0 aliphatic rings. The molecule has 0 spiro atoms. The Bertz CT molecular complexity index is 366. The van der Waals surface area contributed by atoms with Crippen LogP contribution in [0.2, 0.25) is 0 Å². The number of halogens is 2. The Labute approximate surface area is 98.0 Å². The summed E-state index contributed by atoms with van der Waals surface area (Å²) in [5, 5.41) is 3.06. The second-order valence-electron chi connectivity index (χ2n) is 3.84. The molecule has 0 aromatic heterocycles. The third kappa shape index (κ3) is 2.49. The molecule has 0 atom stereocenters. The highest BCUT2D eigenvalue weighted by atomic mass is 79.9. The minimum absolute atomic E-state index is 0.277. The highest BCUT2D eigenvalue weighted by Crippen LogP contribution is 2.34. The van der Waals surface area contributed by atoms with Gasteiger partial charge in [0, 0.05) is 15.6 Å². The van der Waals surface area contributed by atoms with E-state index in [1.165, 1.54) is 13.2 Å². The topological polar surface area (TPSA) is 21.3 Å². The highest BCUT2D eigenvalue weighted by molar-refractivity contribution is 9.10. The van der Waals surface area contributed by atoms with Crippen LogP contribution in [0.25, 0.3) is 0 Å². The maximum Gasteiger partial charge on any atom is 0.133 e. The molecular formula is C11H15BrFNO. The average molecular weight is 276 g/mol. The number of hydrogen-bond donors (Lipinski definition) is 1. The molecule has 0 heterocycles. The summed E-state index contributed by atoms with van der Waals surface area (Å²) >= 11 is 3.24. The number of methoxy groups -OCH3 is 1. The van der Waals surface area contributed by atoms with Gasteiger partial charge in [-0.3, -0.25) is 0 Å². The van der Waals surface area contributed by atoms with Crippen molar-refractivity contribution < 1.29 is 9.13 Å². The van der Waals surface area contributed by atoms with Crippen LogP contribution in [0.15, 0.2) is 16.6 Å². The maximum atomic E-state index is 13.8. The van der Waals surface area contributed by atoms with Gasteiger partial charge in [0.25, 0.3) is 0 Å². The van der Waals surface area contributed by atoms with Crippen LogP contribution in [-0.2, 0) is 5.54 Å². The molecule has 0 saturated carbocycles. The molecule has 84 valence electrons. The number of rotatable bonds is 3. The summed E-state index contributed by atoms with van der Waals surface area (Å²) in [5.74, 6) is 0.266. The zero-order valence-corrected chi connectivity index (χ0v) is 10.9. The van der Waals surface area contributed by atoms with Crippen molar-refractivity contribution >= 4 is 15.9 Å². The normalized spacial score (nSPS) is 11.6. The predicted molar refractivity (Wildman–Crippen MR) is 62.7 cm³/mol. The molecule has 1 N–H and O–H groups in total. The van der Waals surface area contributed by atoms with E-state index in [-0.39, 0.29) is 5.82 Å². The van der Waals surface area contributed by atoms with Gasteiger partial charge in [0.05, 0.1) is 7.11 Å². The Morgan fingerprint density at radius 2 is 2.00 bits per heavy atom. The average Bonchev–Trinajstić information content (AvgIpc) is 2.15. The van der Waals surface area contributed by atoms with Gasteiger partial charge in [0.1, 0.15) is 11.6 Å². The minimum atomic E-state index is -0.462. The lowest BCUT2D eigenvalue weighted by Crippen LogP contribution is -2.34. The van der Waals surface area contributed by atoms with Gasteiger partial charge in [-0.15, -0.1) is 0 Å².